The van der Waals surface area contributed by atoms with Gasteiger partial charge in [-0.25, -0.2) is 0 Å². The van der Waals surface area contributed by atoms with E-state index in [1.807, 2.05) is 97.1 Å². The SMILES string of the molecule is O=C(COc1ccccc1-c1ccccc1)NNC(=O)c1ccc(-c2ccccc2)cc1. The summed E-state index contributed by atoms with van der Waals surface area (Å²) >= 11 is 0. The van der Waals surface area contributed by atoms with Gasteiger partial charge in [0.25, 0.3) is 11.8 Å². The molecule has 0 unspecified atom stereocenters. The van der Waals surface area contributed by atoms with Gasteiger partial charge in [-0.2, -0.15) is 0 Å². The van der Waals surface area contributed by atoms with E-state index in [-0.39, 0.29) is 6.61 Å². The molecule has 158 valence electrons. The van der Waals surface area contributed by atoms with Gasteiger partial charge < -0.3 is 4.74 Å². The zero-order chi connectivity index (χ0) is 22.2. The highest BCUT2D eigenvalue weighted by Gasteiger charge is 2.10. The van der Waals surface area contributed by atoms with Gasteiger partial charge in [-0.3, -0.25) is 20.4 Å². The molecule has 2 amide bonds. The number of para-hydroxylation sites is 1. The summed E-state index contributed by atoms with van der Waals surface area (Å²) in [6.45, 7) is -0.225. The number of amides is 2. The number of nitrogens with one attached hydrogen (secondary N) is 2. The van der Waals surface area contributed by atoms with E-state index in [1.165, 1.54) is 0 Å². The molecule has 0 aliphatic carbocycles. The lowest BCUT2D eigenvalue weighted by molar-refractivity contribution is -0.123. The second kappa shape index (κ2) is 10.1. The molecule has 0 atom stereocenters. The lowest BCUT2D eigenvalue weighted by Crippen LogP contribution is -2.43. The lowest BCUT2D eigenvalue weighted by Gasteiger charge is -2.12. The fourth-order valence-corrected chi connectivity index (χ4v) is 3.27. The number of benzene rings is 4. The van der Waals surface area contributed by atoms with Crippen LogP contribution < -0.4 is 15.6 Å². The quantitative estimate of drug-likeness (QED) is 0.436. The van der Waals surface area contributed by atoms with Crippen LogP contribution in [-0.2, 0) is 4.79 Å². The number of hydrogen-bond donors (Lipinski definition) is 2. The Kier molecular flexibility index (Phi) is 6.58. The highest BCUT2D eigenvalue weighted by molar-refractivity contribution is 5.96. The predicted octanol–water partition coefficient (Wildman–Crippen LogP) is 4.86. The van der Waals surface area contributed by atoms with Crippen LogP contribution in [0.4, 0.5) is 0 Å². The van der Waals surface area contributed by atoms with Gasteiger partial charge >= 0.3 is 0 Å². The number of hydrazine groups is 1. The van der Waals surface area contributed by atoms with Crippen molar-refractivity contribution in [3.05, 3.63) is 115 Å². The largest absolute Gasteiger partial charge is 0.483 e. The Labute approximate surface area is 186 Å². The molecule has 0 aromatic heterocycles. The summed E-state index contributed by atoms with van der Waals surface area (Å²) in [4.78, 5) is 24.5. The van der Waals surface area contributed by atoms with Crippen molar-refractivity contribution in [3.63, 3.8) is 0 Å². The van der Waals surface area contributed by atoms with Crippen LogP contribution in [0.1, 0.15) is 10.4 Å². The molecule has 0 heterocycles. The molecule has 0 radical (unpaired) electrons. The topological polar surface area (TPSA) is 67.4 Å². The highest BCUT2D eigenvalue weighted by Crippen LogP contribution is 2.29. The second-order valence-corrected chi connectivity index (χ2v) is 7.10. The molecule has 5 heteroatoms. The Morgan fingerprint density at radius 1 is 0.594 bits per heavy atom. The normalized spacial score (nSPS) is 10.2. The van der Waals surface area contributed by atoms with Gasteiger partial charge in [0.15, 0.2) is 6.61 Å². The molecule has 0 aliphatic heterocycles. The molecule has 0 fully saturated rings. The van der Waals surface area contributed by atoms with Crippen LogP contribution >= 0.6 is 0 Å². The second-order valence-electron chi connectivity index (χ2n) is 7.10. The first-order chi connectivity index (χ1) is 15.7. The van der Waals surface area contributed by atoms with Crippen LogP contribution in [-0.4, -0.2) is 18.4 Å². The van der Waals surface area contributed by atoms with Gasteiger partial charge in [-0.1, -0.05) is 91.0 Å². The third kappa shape index (κ3) is 5.21. The van der Waals surface area contributed by atoms with Crippen molar-refractivity contribution in [3.8, 4) is 28.0 Å². The van der Waals surface area contributed by atoms with Crippen molar-refractivity contribution in [2.24, 2.45) is 0 Å². The number of hydrogen-bond acceptors (Lipinski definition) is 3. The highest BCUT2D eigenvalue weighted by atomic mass is 16.5. The van der Waals surface area contributed by atoms with E-state index >= 15 is 0 Å². The molecule has 32 heavy (non-hydrogen) atoms. The van der Waals surface area contributed by atoms with E-state index in [2.05, 4.69) is 10.9 Å². The Hall–Kier alpha value is -4.38. The zero-order valence-electron chi connectivity index (χ0n) is 17.3. The van der Waals surface area contributed by atoms with Gasteiger partial charge in [-0.15, -0.1) is 0 Å². The summed E-state index contributed by atoms with van der Waals surface area (Å²) in [5.74, 6) is -0.263. The predicted molar refractivity (Wildman–Crippen MR) is 125 cm³/mol. The van der Waals surface area contributed by atoms with Crippen LogP contribution in [0.3, 0.4) is 0 Å². The summed E-state index contributed by atoms with van der Waals surface area (Å²) in [6, 6.07) is 34.4. The molecule has 4 aromatic rings. The molecule has 0 saturated carbocycles. The minimum absolute atomic E-state index is 0.225. The maximum Gasteiger partial charge on any atom is 0.276 e. The average Bonchev–Trinajstić information content (AvgIpc) is 2.87. The Morgan fingerprint density at radius 2 is 1.16 bits per heavy atom. The first kappa shape index (κ1) is 20.9. The number of rotatable bonds is 6. The molecule has 0 spiro atoms. The Bertz CT molecular complexity index is 1190. The summed E-state index contributed by atoms with van der Waals surface area (Å²) in [5, 5.41) is 0. The van der Waals surface area contributed by atoms with Gasteiger partial charge in [0.05, 0.1) is 0 Å². The van der Waals surface area contributed by atoms with Crippen LogP contribution in [0.25, 0.3) is 22.3 Å². The van der Waals surface area contributed by atoms with Crippen molar-refractivity contribution in [1.29, 1.82) is 0 Å². The minimum atomic E-state index is -0.456. The van der Waals surface area contributed by atoms with Crippen molar-refractivity contribution in [1.82, 2.24) is 10.9 Å². The molecule has 5 nitrogen and oxygen atoms in total. The van der Waals surface area contributed by atoms with Crippen LogP contribution in [0, 0.1) is 0 Å². The molecule has 0 aliphatic rings. The minimum Gasteiger partial charge on any atom is -0.483 e. The summed E-state index contributed by atoms with van der Waals surface area (Å²) in [7, 11) is 0. The molecular formula is C27H22N2O3. The number of carbonyl (C=O) groups excluding carboxylic acids is 2. The van der Waals surface area contributed by atoms with E-state index in [4.69, 9.17) is 4.74 Å². The van der Waals surface area contributed by atoms with Crippen molar-refractivity contribution in [2.75, 3.05) is 6.61 Å². The number of carbonyl (C=O) groups is 2. The van der Waals surface area contributed by atoms with E-state index in [0.29, 0.717) is 11.3 Å². The van der Waals surface area contributed by atoms with Gasteiger partial charge in [0.1, 0.15) is 5.75 Å². The molecular weight excluding hydrogens is 400 g/mol. The van der Waals surface area contributed by atoms with Gasteiger partial charge in [-0.05, 0) is 34.9 Å². The van der Waals surface area contributed by atoms with E-state index in [1.54, 1.807) is 12.1 Å². The van der Waals surface area contributed by atoms with Gasteiger partial charge in [0.2, 0.25) is 0 Å². The fraction of sp³-hybridized carbons (Fsp3) is 0.0370. The van der Waals surface area contributed by atoms with Crippen molar-refractivity contribution >= 4 is 11.8 Å². The average molecular weight is 422 g/mol. The summed E-state index contributed by atoms with van der Waals surface area (Å²) in [5.41, 5.74) is 9.23. The third-order valence-electron chi connectivity index (χ3n) is 4.90. The van der Waals surface area contributed by atoms with Gasteiger partial charge in [0, 0.05) is 11.1 Å². The molecule has 0 bridgehead atoms. The maximum absolute atomic E-state index is 12.3. The van der Waals surface area contributed by atoms with E-state index in [9.17, 15) is 9.59 Å². The third-order valence-corrected chi connectivity index (χ3v) is 4.90. The standard InChI is InChI=1S/C27H22N2O3/c30-26(19-32-25-14-8-7-13-24(25)22-11-5-2-6-12-22)28-29-27(31)23-17-15-21(16-18-23)20-9-3-1-4-10-20/h1-18H,19H2,(H,28,30)(H,29,31). The maximum atomic E-state index is 12.3. The Morgan fingerprint density at radius 3 is 1.84 bits per heavy atom. The lowest BCUT2D eigenvalue weighted by atomic mass is 10.0. The first-order valence-corrected chi connectivity index (χ1v) is 10.2. The zero-order valence-corrected chi connectivity index (χ0v) is 17.3. The van der Waals surface area contributed by atoms with Crippen LogP contribution in [0.15, 0.2) is 109 Å². The Balaban J connectivity index is 1.31. The summed E-state index contributed by atoms with van der Waals surface area (Å²) < 4.78 is 5.69. The fourth-order valence-electron chi connectivity index (χ4n) is 3.27. The number of ether oxygens (including phenoxy) is 1. The van der Waals surface area contributed by atoms with Crippen molar-refractivity contribution in [2.45, 2.75) is 0 Å². The molecule has 0 saturated heterocycles. The van der Waals surface area contributed by atoms with E-state index in [0.717, 1.165) is 22.3 Å². The van der Waals surface area contributed by atoms with Crippen molar-refractivity contribution < 1.29 is 14.3 Å². The van der Waals surface area contributed by atoms with E-state index < -0.39 is 11.8 Å². The smallest absolute Gasteiger partial charge is 0.276 e. The molecule has 4 rings (SSSR count). The monoisotopic (exact) mass is 422 g/mol. The van der Waals surface area contributed by atoms with Crippen LogP contribution in [0.5, 0.6) is 5.75 Å². The molecule has 4 aromatic carbocycles. The first-order valence-electron chi connectivity index (χ1n) is 10.2. The molecule has 2 N–H and O–H groups in total. The summed E-state index contributed by atoms with van der Waals surface area (Å²) in [6.07, 6.45) is 0. The van der Waals surface area contributed by atoms with Crippen LogP contribution in [0.2, 0.25) is 0 Å².